The predicted octanol–water partition coefficient (Wildman–Crippen LogP) is 3.47. The Kier molecular flexibility index (Phi) is 5.62. The van der Waals surface area contributed by atoms with E-state index in [9.17, 15) is 4.79 Å². The molecule has 2 aromatic rings. The highest BCUT2D eigenvalue weighted by atomic mass is 16.5. The van der Waals surface area contributed by atoms with E-state index in [2.05, 4.69) is 23.5 Å². The third-order valence-corrected chi connectivity index (χ3v) is 3.18. The highest BCUT2D eigenvalue weighted by Gasteiger charge is 2.02. The van der Waals surface area contributed by atoms with Crippen LogP contribution in [0.15, 0.2) is 48.5 Å². The first-order chi connectivity index (χ1) is 10.7. The number of carbonyl (C=O) groups excluding carboxylic acids is 1. The molecule has 2 aromatic carbocycles. The predicted molar refractivity (Wildman–Crippen MR) is 86.0 cm³/mol. The summed E-state index contributed by atoms with van der Waals surface area (Å²) in [7, 11) is 1.36. The largest absolute Gasteiger partial charge is 0.481 e. The SMILES string of the molecule is CCc1ccc(OCC#Cc2ccc(C(=O)OC)cc2)cc1. The zero-order valence-electron chi connectivity index (χ0n) is 12.8. The molecule has 0 atom stereocenters. The van der Waals surface area contributed by atoms with Gasteiger partial charge in [0.25, 0.3) is 0 Å². The Morgan fingerprint density at radius 3 is 2.32 bits per heavy atom. The average molecular weight is 294 g/mol. The van der Waals surface area contributed by atoms with Crippen LogP contribution in [-0.2, 0) is 11.2 Å². The Labute approximate surface area is 130 Å². The number of ether oxygens (including phenoxy) is 2. The molecule has 112 valence electrons. The summed E-state index contributed by atoms with van der Waals surface area (Å²) in [5, 5.41) is 0. The Balaban J connectivity index is 1.89. The number of methoxy groups -OCH3 is 1. The monoisotopic (exact) mass is 294 g/mol. The molecule has 0 heterocycles. The van der Waals surface area contributed by atoms with E-state index < -0.39 is 0 Å². The first kappa shape index (κ1) is 15.7. The van der Waals surface area contributed by atoms with Crippen molar-refractivity contribution in [1.29, 1.82) is 0 Å². The minimum Gasteiger partial charge on any atom is -0.481 e. The first-order valence-corrected chi connectivity index (χ1v) is 7.12. The second-order valence-electron chi connectivity index (χ2n) is 4.66. The zero-order valence-corrected chi connectivity index (χ0v) is 12.8. The van der Waals surface area contributed by atoms with E-state index in [1.807, 2.05) is 24.3 Å². The van der Waals surface area contributed by atoms with Crippen LogP contribution in [-0.4, -0.2) is 19.7 Å². The van der Waals surface area contributed by atoms with Crippen LogP contribution in [0.1, 0.15) is 28.4 Å². The molecule has 0 aliphatic heterocycles. The summed E-state index contributed by atoms with van der Waals surface area (Å²) in [6, 6.07) is 15.0. The highest BCUT2D eigenvalue weighted by Crippen LogP contribution is 2.12. The first-order valence-electron chi connectivity index (χ1n) is 7.12. The van der Waals surface area contributed by atoms with Crippen molar-refractivity contribution in [3.05, 3.63) is 65.2 Å². The van der Waals surface area contributed by atoms with Crippen molar-refractivity contribution in [2.75, 3.05) is 13.7 Å². The molecule has 0 spiro atoms. The van der Waals surface area contributed by atoms with E-state index >= 15 is 0 Å². The molecule has 3 nitrogen and oxygen atoms in total. The van der Waals surface area contributed by atoms with Crippen LogP contribution in [0.2, 0.25) is 0 Å². The van der Waals surface area contributed by atoms with Gasteiger partial charge >= 0.3 is 5.97 Å². The maximum absolute atomic E-state index is 11.3. The van der Waals surface area contributed by atoms with Gasteiger partial charge in [0.2, 0.25) is 0 Å². The number of benzene rings is 2. The lowest BCUT2D eigenvalue weighted by Gasteiger charge is -2.02. The molecule has 0 fully saturated rings. The molecular formula is C19H18O3. The van der Waals surface area contributed by atoms with E-state index in [1.54, 1.807) is 24.3 Å². The van der Waals surface area contributed by atoms with E-state index in [4.69, 9.17) is 4.74 Å². The van der Waals surface area contributed by atoms with Crippen molar-refractivity contribution >= 4 is 5.97 Å². The lowest BCUT2D eigenvalue weighted by atomic mass is 10.1. The highest BCUT2D eigenvalue weighted by molar-refractivity contribution is 5.89. The number of hydrogen-bond donors (Lipinski definition) is 0. The molecular weight excluding hydrogens is 276 g/mol. The zero-order chi connectivity index (χ0) is 15.8. The van der Waals surface area contributed by atoms with E-state index in [1.165, 1.54) is 12.7 Å². The normalized spacial score (nSPS) is 9.55. The van der Waals surface area contributed by atoms with E-state index in [0.717, 1.165) is 17.7 Å². The van der Waals surface area contributed by atoms with Crippen molar-refractivity contribution in [2.45, 2.75) is 13.3 Å². The van der Waals surface area contributed by atoms with Gasteiger partial charge in [-0.2, -0.15) is 0 Å². The van der Waals surface area contributed by atoms with Gasteiger partial charge in [0, 0.05) is 5.56 Å². The molecule has 0 saturated carbocycles. The van der Waals surface area contributed by atoms with Crippen molar-refractivity contribution < 1.29 is 14.3 Å². The lowest BCUT2D eigenvalue weighted by Crippen LogP contribution is -2.00. The van der Waals surface area contributed by atoms with Crippen LogP contribution in [0.3, 0.4) is 0 Å². The maximum atomic E-state index is 11.3. The summed E-state index contributed by atoms with van der Waals surface area (Å²) < 4.78 is 10.2. The molecule has 0 aliphatic carbocycles. The summed E-state index contributed by atoms with van der Waals surface area (Å²) >= 11 is 0. The minimum absolute atomic E-state index is 0.324. The molecule has 2 rings (SSSR count). The molecule has 0 radical (unpaired) electrons. The Morgan fingerprint density at radius 2 is 1.73 bits per heavy atom. The summed E-state index contributed by atoms with van der Waals surface area (Å²) in [6.07, 6.45) is 1.02. The van der Waals surface area contributed by atoms with Gasteiger partial charge in [-0.15, -0.1) is 0 Å². The van der Waals surface area contributed by atoms with Crippen molar-refractivity contribution in [3.63, 3.8) is 0 Å². The summed E-state index contributed by atoms with van der Waals surface area (Å²) in [4.78, 5) is 11.3. The van der Waals surface area contributed by atoms with Crippen LogP contribution in [0.5, 0.6) is 5.75 Å². The quantitative estimate of drug-likeness (QED) is 0.640. The molecule has 0 N–H and O–H groups in total. The Bertz CT molecular complexity index is 673. The maximum Gasteiger partial charge on any atom is 0.337 e. The van der Waals surface area contributed by atoms with Crippen LogP contribution < -0.4 is 4.74 Å². The van der Waals surface area contributed by atoms with Crippen LogP contribution in [0, 0.1) is 11.8 Å². The fraction of sp³-hybridized carbons (Fsp3) is 0.211. The number of aryl methyl sites for hydroxylation is 1. The van der Waals surface area contributed by atoms with Crippen LogP contribution >= 0.6 is 0 Å². The minimum atomic E-state index is -0.349. The second-order valence-corrected chi connectivity index (χ2v) is 4.66. The molecule has 0 bridgehead atoms. The van der Waals surface area contributed by atoms with Gasteiger partial charge in [-0.3, -0.25) is 0 Å². The summed E-state index contributed by atoms with van der Waals surface area (Å²) in [5.41, 5.74) is 2.63. The second kappa shape index (κ2) is 7.90. The van der Waals surface area contributed by atoms with Crippen LogP contribution in [0.25, 0.3) is 0 Å². The van der Waals surface area contributed by atoms with Crippen molar-refractivity contribution in [2.24, 2.45) is 0 Å². The fourth-order valence-electron chi connectivity index (χ4n) is 1.89. The number of carbonyl (C=O) groups is 1. The molecule has 0 aromatic heterocycles. The Morgan fingerprint density at radius 1 is 1.05 bits per heavy atom. The third kappa shape index (κ3) is 4.39. The topological polar surface area (TPSA) is 35.5 Å². The standard InChI is InChI=1S/C19H18O3/c1-3-15-8-12-18(13-9-15)22-14-4-5-16-6-10-17(11-7-16)19(20)21-2/h6-13H,3,14H2,1-2H3. The summed E-state index contributed by atoms with van der Waals surface area (Å²) in [6.45, 7) is 2.44. The molecule has 0 aliphatic rings. The van der Waals surface area contributed by atoms with Gasteiger partial charge in [0.15, 0.2) is 0 Å². The van der Waals surface area contributed by atoms with Crippen molar-refractivity contribution in [1.82, 2.24) is 0 Å². The summed E-state index contributed by atoms with van der Waals surface area (Å²) in [5.74, 6) is 6.41. The lowest BCUT2D eigenvalue weighted by molar-refractivity contribution is 0.0600. The fourth-order valence-corrected chi connectivity index (χ4v) is 1.89. The van der Waals surface area contributed by atoms with Gasteiger partial charge in [-0.25, -0.2) is 4.79 Å². The molecule has 0 saturated heterocycles. The smallest absolute Gasteiger partial charge is 0.337 e. The van der Waals surface area contributed by atoms with Crippen LogP contribution in [0.4, 0.5) is 0 Å². The van der Waals surface area contributed by atoms with Gasteiger partial charge in [-0.1, -0.05) is 30.9 Å². The van der Waals surface area contributed by atoms with Gasteiger partial charge in [0.1, 0.15) is 12.4 Å². The van der Waals surface area contributed by atoms with E-state index in [-0.39, 0.29) is 5.97 Å². The molecule has 22 heavy (non-hydrogen) atoms. The average Bonchev–Trinajstić information content (AvgIpc) is 2.59. The van der Waals surface area contributed by atoms with E-state index in [0.29, 0.717) is 12.2 Å². The molecule has 0 amide bonds. The molecule has 3 heteroatoms. The Hall–Kier alpha value is -2.73. The molecule has 0 unspecified atom stereocenters. The number of rotatable bonds is 4. The van der Waals surface area contributed by atoms with Gasteiger partial charge in [0.05, 0.1) is 12.7 Å². The number of esters is 1. The van der Waals surface area contributed by atoms with Gasteiger partial charge in [-0.05, 0) is 48.4 Å². The third-order valence-electron chi connectivity index (χ3n) is 3.18. The van der Waals surface area contributed by atoms with Gasteiger partial charge < -0.3 is 9.47 Å². The number of hydrogen-bond acceptors (Lipinski definition) is 3. The van der Waals surface area contributed by atoms with Crippen molar-refractivity contribution in [3.8, 4) is 17.6 Å².